The van der Waals surface area contributed by atoms with Gasteiger partial charge in [-0.2, -0.15) is 0 Å². The summed E-state index contributed by atoms with van der Waals surface area (Å²) in [4.78, 5) is 3.58. The van der Waals surface area contributed by atoms with Gasteiger partial charge in [0, 0.05) is 6.07 Å². The van der Waals surface area contributed by atoms with Gasteiger partial charge in [-0.3, -0.25) is 0 Å². The summed E-state index contributed by atoms with van der Waals surface area (Å²) in [5.74, 6) is 0.768. The second-order valence-electron chi connectivity index (χ2n) is 9.59. The fourth-order valence-electron chi connectivity index (χ4n) is 5.80. The van der Waals surface area contributed by atoms with Crippen LogP contribution in [0.2, 0.25) is 0 Å². The third-order valence-electron chi connectivity index (χ3n) is 7.46. The van der Waals surface area contributed by atoms with Gasteiger partial charge in [-0.25, -0.2) is 4.39 Å². The summed E-state index contributed by atoms with van der Waals surface area (Å²) in [5, 5.41) is 0. The first-order valence-electron chi connectivity index (χ1n) is 12.6. The molecule has 0 N–H and O–H groups in total. The minimum absolute atomic E-state index is 0.198. The molecule has 2 aliphatic rings. The van der Waals surface area contributed by atoms with Crippen molar-refractivity contribution in [3.05, 3.63) is 84.7 Å². The molecule has 0 atom stereocenters. The topological polar surface area (TPSA) is 9.23 Å². The molecule has 2 aliphatic carbocycles. The first-order chi connectivity index (χ1) is 16.3. The highest BCUT2D eigenvalue weighted by Gasteiger charge is 2.43. The maximum absolute atomic E-state index is 15.2. The van der Waals surface area contributed by atoms with Gasteiger partial charge >= 0.3 is 0 Å². The molecule has 0 saturated heterocycles. The Balaban J connectivity index is 1.52. The van der Waals surface area contributed by atoms with Crippen molar-refractivity contribution in [3.8, 4) is 5.75 Å². The lowest BCUT2D eigenvalue weighted by atomic mass is 9.69. The molecule has 3 aromatic carbocycles. The van der Waals surface area contributed by atoms with E-state index in [0.717, 1.165) is 17.7 Å². The molecule has 0 amide bonds. The molecule has 0 bridgehead atoms. The molecule has 0 unspecified atom stereocenters. The smallest absolute Gasteiger partial charge is 0.170 e. The van der Waals surface area contributed by atoms with Crippen LogP contribution in [0.3, 0.4) is 0 Å². The Kier molecular flexibility index (Phi) is 7.06. The van der Waals surface area contributed by atoms with Crippen molar-refractivity contribution in [1.82, 2.24) is 0 Å². The van der Waals surface area contributed by atoms with Crippen LogP contribution in [-0.4, -0.2) is 5.60 Å². The zero-order valence-electron chi connectivity index (χ0n) is 19.3. The number of benzene rings is 3. The van der Waals surface area contributed by atoms with Crippen molar-refractivity contribution in [2.75, 3.05) is 0 Å². The van der Waals surface area contributed by atoms with Gasteiger partial charge in [0.1, 0.15) is 5.60 Å². The Morgan fingerprint density at radius 3 is 1.85 bits per heavy atom. The highest BCUT2D eigenvalue weighted by molar-refractivity contribution is 7.97. The Morgan fingerprint density at radius 2 is 1.24 bits per heavy atom. The lowest BCUT2D eigenvalue weighted by Crippen LogP contribution is -2.46. The van der Waals surface area contributed by atoms with Crippen LogP contribution in [0.1, 0.15) is 64.2 Å². The molecular formula is C30H34FOS+. The average Bonchev–Trinajstić information content (AvgIpc) is 2.88. The third-order valence-corrected chi connectivity index (χ3v) is 9.67. The molecule has 0 heterocycles. The van der Waals surface area contributed by atoms with E-state index in [9.17, 15) is 0 Å². The lowest BCUT2D eigenvalue weighted by molar-refractivity contribution is -0.0407. The van der Waals surface area contributed by atoms with E-state index in [-0.39, 0.29) is 22.3 Å². The van der Waals surface area contributed by atoms with Crippen molar-refractivity contribution >= 4 is 10.9 Å². The van der Waals surface area contributed by atoms with Gasteiger partial charge < -0.3 is 4.74 Å². The molecule has 1 nitrogen and oxygen atoms in total. The zero-order valence-corrected chi connectivity index (χ0v) is 20.2. The fourth-order valence-corrected chi connectivity index (χ4v) is 7.91. The predicted octanol–water partition coefficient (Wildman–Crippen LogP) is 8.58. The number of halogens is 1. The summed E-state index contributed by atoms with van der Waals surface area (Å²) in [5.41, 5.74) is -0.198. The van der Waals surface area contributed by atoms with Crippen LogP contribution in [0.4, 0.5) is 4.39 Å². The van der Waals surface area contributed by atoms with Gasteiger partial charge in [0.2, 0.25) is 0 Å². The summed E-state index contributed by atoms with van der Waals surface area (Å²) in [6.45, 7) is 0. The average molecular weight is 462 g/mol. The van der Waals surface area contributed by atoms with Crippen LogP contribution in [-0.2, 0) is 10.9 Å². The largest absolute Gasteiger partial charge is 0.484 e. The Hall–Kier alpha value is -2.26. The Morgan fingerprint density at radius 1 is 0.667 bits per heavy atom. The maximum Gasteiger partial charge on any atom is 0.170 e. The van der Waals surface area contributed by atoms with E-state index in [1.165, 1.54) is 61.2 Å². The molecule has 33 heavy (non-hydrogen) atoms. The highest BCUT2D eigenvalue weighted by Crippen LogP contribution is 2.45. The van der Waals surface area contributed by atoms with Gasteiger partial charge in [-0.15, -0.1) is 0 Å². The molecule has 5 rings (SSSR count). The normalized spacial score (nSPS) is 18.8. The molecule has 3 heteroatoms. The van der Waals surface area contributed by atoms with Crippen molar-refractivity contribution in [3.63, 3.8) is 0 Å². The molecule has 2 fully saturated rings. The molecule has 2 saturated carbocycles. The van der Waals surface area contributed by atoms with Crippen LogP contribution in [0, 0.1) is 11.7 Å². The minimum atomic E-state index is -0.305. The summed E-state index contributed by atoms with van der Waals surface area (Å²) in [6.07, 6.45) is 12.1. The second kappa shape index (κ2) is 10.3. The van der Waals surface area contributed by atoms with Crippen molar-refractivity contribution in [1.29, 1.82) is 0 Å². The Labute approximate surface area is 200 Å². The first-order valence-corrected chi connectivity index (χ1v) is 13.8. The van der Waals surface area contributed by atoms with Crippen LogP contribution in [0.15, 0.2) is 93.5 Å². The number of hydrogen-bond donors (Lipinski definition) is 0. The molecular weight excluding hydrogens is 427 g/mol. The van der Waals surface area contributed by atoms with Crippen LogP contribution in [0.5, 0.6) is 5.75 Å². The lowest BCUT2D eigenvalue weighted by Gasteiger charge is -2.45. The van der Waals surface area contributed by atoms with Gasteiger partial charge in [0.25, 0.3) is 0 Å². The molecule has 0 aliphatic heterocycles. The van der Waals surface area contributed by atoms with E-state index in [1.807, 2.05) is 24.3 Å². The van der Waals surface area contributed by atoms with Crippen LogP contribution < -0.4 is 4.74 Å². The van der Waals surface area contributed by atoms with E-state index in [2.05, 4.69) is 48.5 Å². The standard InChI is InChI=1S/C30H34FOS/c31-28-20-19-27(33(25-15-7-2-8-16-25)26-17-9-3-10-18-26)23-29(28)32-30(21-11-4-12-22-30)24-13-5-1-6-14-24/h2-3,7-10,15-20,23-24H,1,4-6,11-14,21-22H2/q+1. The minimum Gasteiger partial charge on any atom is -0.484 e. The van der Waals surface area contributed by atoms with E-state index in [4.69, 9.17) is 4.74 Å². The third kappa shape index (κ3) is 4.99. The summed E-state index contributed by atoms with van der Waals surface area (Å²) < 4.78 is 22.0. The van der Waals surface area contributed by atoms with Crippen LogP contribution in [0.25, 0.3) is 0 Å². The van der Waals surface area contributed by atoms with Gasteiger partial charge in [-0.05, 0) is 80.8 Å². The van der Waals surface area contributed by atoms with Crippen molar-refractivity contribution in [2.45, 2.75) is 84.5 Å². The SMILES string of the molecule is Fc1ccc([S+](c2ccccc2)c2ccccc2)cc1OC1(C2CCCCC2)CCCCC1. The predicted molar refractivity (Wildman–Crippen MR) is 134 cm³/mol. The van der Waals surface area contributed by atoms with Gasteiger partial charge in [0.15, 0.2) is 26.3 Å². The molecule has 0 aromatic heterocycles. The highest BCUT2D eigenvalue weighted by atomic mass is 32.2. The van der Waals surface area contributed by atoms with Crippen molar-refractivity contribution < 1.29 is 9.13 Å². The van der Waals surface area contributed by atoms with Crippen molar-refractivity contribution in [2.24, 2.45) is 5.92 Å². The maximum atomic E-state index is 15.2. The van der Waals surface area contributed by atoms with E-state index < -0.39 is 0 Å². The Bertz CT molecular complexity index is 984. The molecule has 0 radical (unpaired) electrons. The fraction of sp³-hybridized carbons (Fsp3) is 0.400. The second-order valence-corrected chi connectivity index (χ2v) is 11.6. The summed E-state index contributed by atoms with van der Waals surface area (Å²) in [7, 11) is -0.305. The summed E-state index contributed by atoms with van der Waals surface area (Å²) in [6, 6.07) is 26.7. The summed E-state index contributed by atoms with van der Waals surface area (Å²) >= 11 is 0. The van der Waals surface area contributed by atoms with Gasteiger partial charge in [-0.1, -0.05) is 62.1 Å². The number of ether oxygens (including phenoxy) is 1. The van der Waals surface area contributed by atoms with E-state index in [0.29, 0.717) is 11.7 Å². The van der Waals surface area contributed by atoms with Gasteiger partial charge in [0.05, 0.1) is 10.9 Å². The number of hydrogen-bond acceptors (Lipinski definition) is 1. The van der Waals surface area contributed by atoms with E-state index in [1.54, 1.807) is 6.07 Å². The molecule has 3 aromatic rings. The van der Waals surface area contributed by atoms with Crippen LogP contribution >= 0.6 is 0 Å². The number of rotatable bonds is 6. The molecule has 172 valence electrons. The van der Waals surface area contributed by atoms with E-state index >= 15 is 4.39 Å². The monoisotopic (exact) mass is 461 g/mol. The quantitative estimate of drug-likeness (QED) is 0.334. The molecule has 0 spiro atoms. The first kappa shape index (κ1) is 22.5. The zero-order chi connectivity index (χ0) is 22.5.